The summed E-state index contributed by atoms with van der Waals surface area (Å²) in [4.78, 5) is 23.3. The average molecular weight is 344 g/mol. The van der Waals surface area contributed by atoms with Crippen LogP contribution in [0.4, 0.5) is 5.69 Å². The monoisotopic (exact) mass is 343 g/mol. The zero-order chi connectivity index (χ0) is 17.3. The summed E-state index contributed by atoms with van der Waals surface area (Å²) in [5.41, 5.74) is 3.31. The molecule has 0 unspecified atom stereocenters. The Kier molecular flexibility index (Phi) is 4.51. The minimum absolute atomic E-state index is 0.288. The fraction of sp³-hybridized carbons (Fsp3) is 0.235. The van der Waals surface area contributed by atoms with E-state index < -0.39 is 0 Å². The molecule has 0 aliphatic carbocycles. The largest absolute Gasteiger partial charge is 0.320 e. The molecule has 0 radical (unpaired) electrons. The molecule has 7 heteroatoms. The summed E-state index contributed by atoms with van der Waals surface area (Å²) in [7, 11) is 3.92. The number of hydrogen-bond donors (Lipinski definition) is 1. The normalized spacial score (nSPS) is 11.2. The highest BCUT2D eigenvalue weighted by molar-refractivity contribution is 6.30. The number of fused-ring (bicyclic) bond motifs is 1. The minimum Gasteiger partial charge on any atom is -0.320 e. The lowest BCUT2D eigenvalue weighted by molar-refractivity contribution is 0.102. The smallest absolute Gasteiger partial charge is 0.278 e. The van der Waals surface area contributed by atoms with Crippen molar-refractivity contribution in [3.8, 4) is 0 Å². The molecular weight excluding hydrogens is 326 g/mol. The number of imidazole rings is 1. The van der Waals surface area contributed by atoms with Gasteiger partial charge in [0.2, 0.25) is 0 Å². The van der Waals surface area contributed by atoms with E-state index in [2.05, 4.69) is 15.3 Å². The molecule has 6 nitrogen and oxygen atoms in total. The van der Waals surface area contributed by atoms with Gasteiger partial charge in [-0.05, 0) is 44.8 Å². The summed E-state index contributed by atoms with van der Waals surface area (Å²) in [6, 6.07) is 5.41. The number of nitrogens with zero attached hydrogens (tertiary/aromatic N) is 4. The van der Waals surface area contributed by atoms with Gasteiger partial charge in [-0.15, -0.1) is 0 Å². The highest BCUT2D eigenvalue weighted by Gasteiger charge is 2.16. The SMILES string of the molecule is Cc1cn2ccnc(C(=O)Nc3ccc(Cl)cc3CN(C)C)c2n1. The molecule has 0 spiro atoms. The number of carbonyl (C=O) groups is 1. The third-order valence-corrected chi connectivity index (χ3v) is 3.75. The second kappa shape index (κ2) is 6.59. The molecule has 1 amide bonds. The van der Waals surface area contributed by atoms with Crippen molar-refractivity contribution in [2.45, 2.75) is 13.5 Å². The molecule has 24 heavy (non-hydrogen) atoms. The molecule has 0 saturated heterocycles. The Morgan fingerprint density at radius 2 is 2.17 bits per heavy atom. The second-order valence-electron chi connectivity index (χ2n) is 5.88. The van der Waals surface area contributed by atoms with E-state index in [4.69, 9.17) is 11.6 Å². The summed E-state index contributed by atoms with van der Waals surface area (Å²) in [5.74, 6) is -0.298. The van der Waals surface area contributed by atoms with Crippen LogP contribution in [-0.4, -0.2) is 39.3 Å². The van der Waals surface area contributed by atoms with Gasteiger partial charge in [-0.25, -0.2) is 9.97 Å². The van der Waals surface area contributed by atoms with Crippen molar-refractivity contribution in [2.24, 2.45) is 0 Å². The maximum Gasteiger partial charge on any atom is 0.278 e. The molecule has 0 bridgehead atoms. The fourth-order valence-electron chi connectivity index (χ4n) is 2.54. The standard InChI is InChI=1S/C17H18ClN5O/c1-11-9-23-7-6-19-15(16(23)20-11)17(24)21-14-5-4-13(18)8-12(14)10-22(2)3/h4-9H,10H2,1-3H3,(H,21,24). The molecule has 0 aliphatic heterocycles. The van der Waals surface area contributed by atoms with Crippen molar-refractivity contribution >= 4 is 28.8 Å². The van der Waals surface area contributed by atoms with E-state index in [1.807, 2.05) is 38.2 Å². The zero-order valence-corrected chi connectivity index (χ0v) is 14.5. The van der Waals surface area contributed by atoms with Gasteiger partial charge in [0.15, 0.2) is 11.3 Å². The maximum absolute atomic E-state index is 12.7. The Labute approximate surface area is 145 Å². The molecule has 3 aromatic rings. The number of amides is 1. The van der Waals surface area contributed by atoms with Gasteiger partial charge in [0.05, 0.1) is 5.69 Å². The van der Waals surface area contributed by atoms with Crippen LogP contribution in [0.5, 0.6) is 0 Å². The van der Waals surface area contributed by atoms with Gasteiger partial charge in [-0.1, -0.05) is 11.6 Å². The summed E-state index contributed by atoms with van der Waals surface area (Å²) in [6.07, 6.45) is 5.21. The number of anilines is 1. The molecule has 2 heterocycles. The summed E-state index contributed by atoms with van der Waals surface area (Å²) < 4.78 is 1.79. The van der Waals surface area contributed by atoms with E-state index in [9.17, 15) is 4.79 Å². The van der Waals surface area contributed by atoms with Crippen molar-refractivity contribution in [2.75, 3.05) is 19.4 Å². The Morgan fingerprint density at radius 1 is 1.38 bits per heavy atom. The van der Waals surface area contributed by atoms with E-state index in [0.717, 1.165) is 11.3 Å². The quantitative estimate of drug-likeness (QED) is 0.791. The van der Waals surface area contributed by atoms with E-state index in [0.29, 0.717) is 22.9 Å². The molecule has 0 atom stereocenters. The van der Waals surface area contributed by atoms with Crippen LogP contribution in [0.15, 0.2) is 36.8 Å². The molecule has 0 fully saturated rings. The molecule has 124 valence electrons. The first-order valence-electron chi connectivity index (χ1n) is 7.49. The first kappa shape index (κ1) is 16.4. The number of aromatic nitrogens is 3. The molecule has 3 rings (SSSR count). The predicted molar refractivity (Wildman–Crippen MR) is 94.5 cm³/mol. The van der Waals surface area contributed by atoms with Gasteiger partial charge < -0.3 is 14.6 Å². The third kappa shape index (κ3) is 3.39. The van der Waals surface area contributed by atoms with Gasteiger partial charge in [-0.2, -0.15) is 0 Å². The lowest BCUT2D eigenvalue weighted by atomic mass is 10.1. The highest BCUT2D eigenvalue weighted by atomic mass is 35.5. The van der Waals surface area contributed by atoms with Crippen LogP contribution in [0.25, 0.3) is 5.65 Å². The molecule has 1 aromatic carbocycles. The topological polar surface area (TPSA) is 62.5 Å². The minimum atomic E-state index is -0.298. The van der Waals surface area contributed by atoms with Gasteiger partial charge in [-0.3, -0.25) is 4.79 Å². The van der Waals surface area contributed by atoms with E-state index in [1.165, 1.54) is 0 Å². The van der Waals surface area contributed by atoms with Gasteiger partial charge in [0.1, 0.15) is 0 Å². The molecule has 2 aromatic heterocycles. The number of hydrogen-bond acceptors (Lipinski definition) is 4. The predicted octanol–water partition coefficient (Wildman–Crippen LogP) is 3.01. The Hall–Kier alpha value is -2.44. The first-order chi connectivity index (χ1) is 11.4. The second-order valence-corrected chi connectivity index (χ2v) is 6.32. The number of aryl methyl sites for hydroxylation is 1. The van der Waals surface area contributed by atoms with Crippen molar-refractivity contribution in [1.29, 1.82) is 0 Å². The summed E-state index contributed by atoms with van der Waals surface area (Å²) >= 11 is 6.08. The van der Waals surface area contributed by atoms with Crippen LogP contribution in [0.2, 0.25) is 5.02 Å². The Bertz CT molecular complexity index is 903. The van der Waals surface area contributed by atoms with E-state index in [-0.39, 0.29) is 11.6 Å². The lowest BCUT2D eigenvalue weighted by Crippen LogP contribution is -2.18. The van der Waals surface area contributed by atoms with Crippen LogP contribution in [0.3, 0.4) is 0 Å². The van der Waals surface area contributed by atoms with Gasteiger partial charge >= 0.3 is 0 Å². The Morgan fingerprint density at radius 3 is 2.92 bits per heavy atom. The lowest BCUT2D eigenvalue weighted by Gasteiger charge is -2.15. The van der Waals surface area contributed by atoms with Crippen LogP contribution in [-0.2, 0) is 6.54 Å². The molecule has 0 aliphatic rings. The van der Waals surface area contributed by atoms with E-state index >= 15 is 0 Å². The molecular formula is C17H18ClN5O. The maximum atomic E-state index is 12.7. The summed E-state index contributed by atoms with van der Waals surface area (Å²) in [5, 5.41) is 3.55. The number of halogens is 1. The number of benzene rings is 1. The van der Waals surface area contributed by atoms with Crippen molar-refractivity contribution in [3.63, 3.8) is 0 Å². The molecule has 0 saturated carbocycles. The average Bonchev–Trinajstić information content (AvgIpc) is 2.89. The summed E-state index contributed by atoms with van der Waals surface area (Å²) in [6.45, 7) is 2.54. The van der Waals surface area contributed by atoms with Gasteiger partial charge in [0, 0.05) is 35.8 Å². The third-order valence-electron chi connectivity index (χ3n) is 3.51. The number of rotatable bonds is 4. The first-order valence-corrected chi connectivity index (χ1v) is 7.86. The van der Waals surface area contributed by atoms with Crippen LogP contribution >= 0.6 is 11.6 Å². The zero-order valence-electron chi connectivity index (χ0n) is 13.7. The van der Waals surface area contributed by atoms with E-state index in [1.54, 1.807) is 28.9 Å². The number of nitrogens with one attached hydrogen (secondary N) is 1. The Balaban J connectivity index is 1.94. The highest BCUT2D eigenvalue weighted by Crippen LogP contribution is 2.22. The van der Waals surface area contributed by atoms with Crippen LogP contribution in [0.1, 0.15) is 21.7 Å². The van der Waals surface area contributed by atoms with Crippen molar-refractivity contribution in [1.82, 2.24) is 19.3 Å². The van der Waals surface area contributed by atoms with Gasteiger partial charge in [0.25, 0.3) is 5.91 Å². The van der Waals surface area contributed by atoms with Crippen LogP contribution in [0, 0.1) is 6.92 Å². The van der Waals surface area contributed by atoms with Crippen molar-refractivity contribution in [3.05, 3.63) is 58.8 Å². The van der Waals surface area contributed by atoms with Crippen molar-refractivity contribution < 1.29 is 4.79 Å². The molecule has 1 N–H and O–H groups in total. The van der Waals surface area contributed by atoms with Crippen LogP contribution < -0.4 is 5.32 Å². The fourth-order valence-corrected chi connectivity index (χ4v) is 2.73. The number of carbonyl (C=O) groups excluding carboxylic acids is 1.